The van der Waals surface area contributed by atoms with Gasteiger partial charge in [-0.15, -0.1) is 0 Å². The standard InChI is InChI=1S/C14H11ClN2O5S/c1-21-9-4-2-8(3-5-9)17-23(19,20)13-7-12-11(6-10(13)15)16-14(18)22-12/h2-7,17H,1H3,(H,16,18). The predicted molar refractivity (Wildman–Crippen MR) is 85.6 cm³/mol. The van der Waals surface area contributed by atoms with E-state index in [1.54, 1.807) is 24.3 Å². The van der Waals surface area contributed by atoms with Crippen LogP contribution in [0.2, 0.25) is 5.02 Å². The third-order valence-electron chi connectivity index (χ3n) is 3.11. The van der Waals surface area contributed by atoms with Gasteiger partial charge in [0.2, 0.25) is 0 Å². The molecule has 1 aromatic heterocycles. The minimum atomic E-state index is -3.94. The fourth-order valence-electron chi connectivity index (χ4n) is 2.03. The predicted octanol–water partition coefficient (Wildman–Crippen LogP) is 2.58. The number of fused-ring (bicyclic) bond motifs is 1. The summed E-state index contributed by atoms with van der Waals surface area (Å²) in [6.07, 6.45) is 0. The van der Waals surface area contributed by atoms with E-state index in [4.69, 9.17) is 20.8 Å². The lowest BCUT2D eigenvalue weighted by atomic mass is 10.3. The number of methoxy groups -OCH3 is 1. The maximum Gasteiger partial charge on any atom is 0.417 e. The summed E-state index contributed by atoms with van der Waals surface area (Å²) in [5.74, 6) is -0.0878. The van der Waals surface area contributed by atoms with Gasteiger partial charge in [0, 0.05) is 11.8 Å². The van der Waals surface area contributed by atoms with Crippen LogP contribution in [0.4, 0.5) is 5.69 Å². The summed E-state index contributed by atoms with van der Waals surface area (Å²) in [7, 11) is -2.43. The van der Waals surface area contributed by atoms with Crippen LogP contribution < -0.4 is 15.2 Å². The molecule has 3 aromatic rings. The lowest BCUT2D eigenvalue weighted by molar-refractivity contribution is 0.415. The van der Waals surface area contributed by atoms with Crippen molar-refractivity contribution < 1.29 is 17.6 Å². The molecular weight excluding hydrogens is 344 g/mol. The summed E-state index contributed by atoms with van der Waals surface area (Å²) in [4.78, 5) is 13.4. The largest absolute Gasteiger partial charge is 0.497 e. The highest BCUT2D eigenvalue weighted by molar-refractivity contribution is 7.92. The van der Waals surface area contributed by atoms with E-state index < -0.39 is 15.8 Å². The maximum absolute atomic E-state index is 12.5. The fourth-order valence-corrected chi connectivity index (χ4v) is 3.63. The Kier molecular flexibility index (Phi) is 3.78. The van der Waals surface area contributed by atoms with Crippen LogP contribution in [0.5, 0.6) is 5.75 Å². The number of anilines is 1. The fraction of sp³-hybridized carbons (Fsp3) is 0.0714. The van der Waals surface area contributed by atoms with Gasteiger partial charge in [0.1, 0.15) is 10.6 Å². The van der Waals surface area contributed by atoms with Gasteiger partial charge in [-0.3, -0.25) is 9.71 Å². The number of hydrogen-bond donors (Lipinski definition) is 2. The van der Waals surface area contributed by atoms with Crippen molar-refractivity contribution in [1.82, 2.24) is 4.98 Å². The second kappa shape index (κ2) is 5.64. The number of H-pyrrole nitrogens is 1. The smallest absolute Gasteiger partial charge is 0.417 e. The molecule has 23 heavy (non-hydrogen) atoms. The first-order chi connectivity index (χ1) is 10.9. The van der Waals surface area contributed by atoms with Crippen molar-refractivity contribution in [3.63, 3.8) is 0 Å². The molecule has 0 aliphatic rings. The molecule has 0 fully saturated rings. The van der Waals surface area contributed by atoms with Crippen molar-refractivity contribution in [3.8, 4) is 5.75 Å². The number of ether oxygens (including phenoxy) is 1. The molecule has 9 heteroatoms. The van der Waals surface area contributed by atoms with Crippen molar-refractivity contribution >= 4 is 38.4 Å². The van der Waals surface area contributed by atoms with Crippen LogP contribution >= 0.6 is 11.6 Å². The van der Waals surface area contributed by atoms with Gasteiger partial charge >= 0.3 is 5.76 Å². The number of oxazole rings is 1. The molecule has 0 spiro atoms. The molecule has 120 valence electrons. The van der Waals surface area contributed by atoms with Crippen LogP contribution in [0, 0.1) is 0 Å². The minimum absolute atomic E-state index is 0.0319. The number of aromatic amines is 1. The quantitative estimate of drug-likeness (QED) is 0.749. The Bertz CT molecular complexity index is 1020. The normalized spacial score (nSPS) is 11.6. The first-order valence-corrected chi connectivity index (χ1v) is 8.24. The van der Waals surface area contributed by atoms with E-state index in [0.717, 1.165) is 0 Å². The summed E-state index contributed by atoms with van der Waals surface area (Å²) >= 11 is 6.01. The molecule has 0 bridgehead atoms. The molecule has 0 unspecified atom stereocenters. The number of halogens is 1. The molecule has 0 amide bonds. The summed E-state index contributed by atoms with van der Waals surface area (Å²) in [6, 6.07) is 8.87. The average molecular weight is 355 g/mol. The zero-order chi connectivity index (χ0) is 16.6. The zero-order valence-corrected chi connectivity index (χ0v) is 13.4. The number of rotatable bonds is 4. The Morgan fingerprint density at radius 2 is 1.91 bits per heavy atom. The summed E-state index contributed by atoms with van der Waals surface area (Å²) < 4.78 is 37.2. The Morgan fingerprint density at radius 1 is 1.22 bits per heavy atom. The van der Waals surface area contributed by atoms with E-state index in [0.29, 0.717) is 17.0 Å². The lowest BCUT2D eigenvalue weighted by Crippen LogP contribution is -2.13. The van der Waals surface area contributed by atoms with Gasteiger partial charge < -0.3 is 9.15 Å². The number of hydrogen-bond acceptors (Lipinski definition) is 5. The average Bonchev–Trinajstić information content (AvgIpc) is 2.85. The molecule has 0 atom stereocenters. The van der Waals surface area contributed by atoms with E-state index in [9.17, 15) is 13.2 Å². The highest BCUT2D eigenvalue weighted by atomic mass is 35.5. The van der Waals surface area contributed by atoms with Crippen molar-refractivity contribution in [2.24, 2.45) is 0 Å². The Balaban J connectivity index is 2.01. The Labute approximate surface area is 135 Å². The van der Waals surface area contributed by atoms with Gasteiger partial charge in [-0.1, -0.05) is 11.6 Å². The molecule has 2 aromatic carbocycles. The summed E-state index contributed by atoms with van der Waals surface area (Å²) in [6.45, 7) is 0. The molecule has 3 rings (SSSR count). The van der Waals surface area contributed by atoms with E-state index in [1.165, 1.54) is 19.2 Å². The number of nitrogens with one attached hydrogen (secondary N) is 2. The van der Waals surface area contributed by atoms with Gasteiger partial charge in [-0.05, 0) is 30.3 Å². The van der Waals surface area contributed by atoms with Gasteiger partial charge in [-0.2, -0.15) is 0 Å². The second-order valence-electron chi connectivity index (χ2n) is 4.63. The van der Waals surface area contributed by atoms with Crippen LogP contribution in [0.25, 0.3) is 11.1 Å². The molecule has 1 heterocycles. The molecule has 0 radical (unpaired) electrons. The molecule has 2 N–H and O–H groups in total. The monoisotopic (exact) mass is 354 g/mol. The molecule has 0 saturated carbocycles. The van der Waals surface area contributed by atoms with Gasteiger partial charge in [0.25, 0.3) is 10.0 Å². The number of benzene rings is 2. The first-order valence-electron chi connectivity index (χ1n) is 6.38. The van der Waals surface area contributed by atoms with Crippen LogP contribution in [0.15, 0.2) is 50.5 Å². The van der Waals surface area contributed by atoms with Crippen LogP contribution in [-0.4, -0.2) is 20.5 Å². The van der Waals surface area contributed by atoms with Gasteiger partial charge in [0.15, 0.2) is 5.58 Å². The first kappa shape index (κ1) is 15.4. The van der Waals surface area contributed by atoms with Crippen LogP contribution in [0.3, 0.4) is 0 Å². The lowest BCUT2D eigenvalue weighted by Gasteiger charge is -2.10. The van der Waals surface area contributed by atoms with E-state index in [1.807, 2.05) is 0 Å². The number of aromatic nitrogens is 1. The molecule has 7 nitrogen and oxygen atoms in total. The number of sulfonamides is 1. The SMILES string of the molecule is COc1ccc(NS(=O)(=O)c2cc3oc(=O)[nH]c3cc2Cl)cc1. The minimum Gasteiger partial charge on any atom is -0.497 e. The van der Waals surface area contributed by atoms with E-state index in [-0.39, 0.29) is 15.5 Å². The van der Waals surface area contributed by atoms with Crippen molar-refractivity contribution in [3.05, 3.63) is 52.0 Å². The topological polar surface area (TPSA) is 101 Å². The highest BCUT2D eigenvalue weighted by Gasteiger charge is 2.20. The van der Waals surface area contributed by atoms with E-state index >= 15 is 0 Å². The molecule has 0 saturated heterocycles. The maximum atomic E-state index is 12.5. The summed E-state index contributed by atoms with van der Waals surface area (Å²) in [5.41, 5.74) is 0.774. The third-order valence-corrected chi connectivity index (χ3v) is 4.95. The molecule has 0 aliphatic carbocycles. The van der Waals surface area contributed by atoms with Gasteiger partial charge in [-0.25, -0.2) is 13.2 Å². The summed E-state index contributed by atoms with van der Waals surface area (Å²) in [5, 5.41) is -0.0319. The third kappa shape index (κ3) is 3.03. The van der Waals surface area contributed by atoms with Crippen molar-refractivity contribution in [1.29, 1.82) is 0 Å². The highest BCUT2D eigenvalue weighted by Crippen LogP contribution is 2.28. The zero-order valence-electron chi connectivity index (χ0n) is 11.8. The second-order valence-corrected chi connectivity index (χ2v) is 6.69. The van der Waals surface area contributed by atoms with Crippen molar-refractivity contribution in [2.75, 3.05) is 11.8 Å². The van der Waals surface area contributed by atoms with E-state index in [2.05, 4.69) is 9.71 Å². The van der Waals surface area contributed by atoms with Crippen molar-refractivity contribution in [2.45, 2.75) is 4.90 Å². The Hall–Kier alpha value is -2.45. The van der Waals surface area contributed by atoms with Crippen LogP contribution in [0.1, 0.15) is 0 Å². The van der Waals surface area contributed by atoms with Crippen LogP contribution in [-0.2, 0) is 10.0 Å². The molecule has 0 aliphatic heterocycles. The Morgan fingerprint density at radius 3 is 2.57 bits per heavy atom. The molecular formula is C14H11ClN2O5S. The van der Waals surface area contributed by atoms with Gasteiger partial charge in [0.05, 0.1) is 17.6 Å².